The summed E-state index contributed by atoms with van der Waals surface area (Å²) in [6.07, 6.45) is 7.66. The minimum atomic E-state index is -0.903. The lowest BCUT2D eigenvalue weighted by molar-refractivity contribution is -0.139. The second-order valence-corrected chi connectivity index (χ2v) is 3.31. The molecule has 0 saturated heterocycles. The van der Waals surface area contributed by atoms with Crippen LogP contribution in [0.4, 0.5) is 0 Å². The van der Waals surface area contributed by atoms with Gasteiger partial charge in [-0.1, -0.05) is 19.3 Å². The molecule has 14 heavy (non-hydrogen) atoms. The maximum absolute atomic E-state index is 10.5. The summed E-state index contributed by atoms with van der Waals surface area (Å²) in [6.45, 7) is 0. The monoisotopic (exact) mass is 198 g/mol. The molecule has 0 spiro atoms. The number of carboxylic acid groups (broad SMARTS) is 1. The summed E-state index contributed by atoms with van der Waals surface area (Å²) in [4.78, 5) is 10.5. The van der Waals surface area contributed by atoms with E-state index >= 15 is 0 Å². The number of unbranched alkanes of at least 4 members (excludes halogenated alkanes) is 4. The van der Waals surface area contributed by atoms with E-state index in [0.717, 1.165) is 38.3 Å². The maximum Gasteiger partial charge on any atom is 0.311 e. The molecule has 0 aromatic carbocycles. The smallest absolute Gasteiger partial charge is 0.311 e. The highest BCUT2D eigenvalue weighted by Gasteiger charge is 2.12. The molecule has 1 atom stereocenters. The number of nitrogens with one attached hydrogen (secondary N) is 2. The average Bonchev–Trinajstić information content (AvgIpc) is 2.16. The second-order valence-electron chi connectivity index (χ2n) is 3.31. The predicted octanol–water partition coefficient (Wildman–Crippen LogP) is 2.33. The third-order valence-corrected chi connectivity index (χ3v) is 2.13. The first-order valence-corrected chi connectivity index (χ1v) is 4.94. The number of hydrogen-bond donors (Lipinski definition) is 3. The third kappa shape index (κ3) is 6.34. The van der Waals surface area contributed by atoms with E-state index in [0.29, 0.717) is 6.42 Å². The van der Waals surface area contributed by atoms with Crippen molar-refractivity contribution in [1.82, 2.24) is 0 Å². The third-order valence-electron chi connectivity index (χ3n) is 2.13. The molecule has 4 nitrogen and oxygen atoms in total. The van der Waals surface area contributed by atoms with Gasteiger partial charge >= 0.3 is 5.97 Å². The van der Waals surface area contributed by atoms with Gasteiger partial charge in [-0.3, -0.25) is 4.79 Å². The Morgan fingerprint density at radius 2 is 1.86 bits per heavy atom. The Morgan fingerprint density at radius 3 is 2.36 bits per heavy atom. The van der Waals surface area contributed by atoms with Gasteiger partial charge in [0.1, 0.15) is 0 Å². The zero-order valence-electron chi connectivity index (χ0n) is 8.33. The molecule has 0 fully saturated rings. The van der Waals surface area contributed by atoms with Crippen molar-refractivity contribution in [2.45, 2.75) is 38.5 Å². The molecule has 0 bridgehead atoms. The van der Waals surface area contributed by atoms with Crippen molar-refractivity contribution in [1.29, 1.82) is 10.8 Å². The minimum Gasteiger partial charge on any atom is -0.481 e. The lowest BCUT2D eigenvalue weighted by Crippen LogP contribution is -2.14. The zero-order valence-corrected chi connectivity index (χ0v) is 8.33. The summed E-state index contributed by atoms with van der Waals surface area (Å²) in [7, 11) is 0. The Kier molecular flexibility index (Phi) is 7.70. The highest BCUT2D eigenvalue weighted by molar-refractivity contribution is 5.87. The first-order chi connectivity index (χ1) is 6.72. The molecule has 0 aliphatic heterocycles. The molecule has 0 aliphatic carbocycles. The number of carboxylic acids is 1. The first-order valence-electron chi connectivity index (χ1n) is 4.94. The first kappa shape index (κ1) is 12.8. The SMILES string of the molecule is N=CCCCCCCC(C=N)C(=O)O. The predicted molar refractivity (Wildman–Crippen MR) is 56.4 cm³/mol. The quantitative estimate of drug-likeness (QED) is 0.392. The topological polar surface area (TPSA) is 85.0 Å². The van der Waals surface area contributed by atoms with E-state index in [1.807, 2.05) is 0 Å². The molecule has 0 radical (unpaired) electrons. The van der Waals surface area contributed by atoms with Crippen LogP contribution in [-0.2, 0) is 4.79 Å². The fraction of sp³-hybridized carbons (Fsp3) is 0.700. The molecule has 4 heteroatoms. The molecule has 0 rings (SSSR count). The summed E-state index contributed by atoms with van der Waals surface area (Å²) in [5.74, 6) is -1.52. The van der Waals surface area contributed by atoms with Crippen LogP contribution in [0.5, 0.6) is 0 Å². The van der Waals surface area contributed by atoms with Crippen molar-refractivity contribution in [2.24, 2.45) is 5.92 Å². The number of hydrogen-bond acceptors (Lipinski definition) is 3. The van der Waals surface area contributed by atoms with Gasteiger partial charge in [0.05, 0.1) is 5.92 Å². The number of aliphatic carboxylic acids is 1. The van der Waals surface area contributed by atoms with Crippen LogP contribution >= 0.6 is 0 Å². The van der Waals surface area contributed by atoms with Crippen LogP contribution in [0.15, 0.2) is 0 Å². The van der Waals surface area contributed by atoms with E-state index in [-0.39, 0.29) is 0 Å². The fourth-order valence-corrected chi connectivity index (χ4v) is 1.24. The highest BCUT2D eigenvalue weighted by atomic mass is 16.4. The van der Waals surface area contributed by atoms with E-state index in [4.69, 9.17) is 15.9 Å². The van der Waals surface area contributed by atoms with Gasteiger partial charge < -0.3 is 15.9 Å². The standard InChI is InChI=1S/C10H18N2O2/c11-7-5-3-1-2-4-6-9(8-12)10(13)14/h7-9,11-12H,1-6H2,(H,13,14). The lowest BCUT2D eigenvalue weighted by atomic mass is 10.0. The van der Waals surface area contributed by atoms with Crippen LogP contribution < -0.4 is 0 Å². The summed E-state index contributed by atoms with van der Waals surface area (Å²) in [5, 5.41) is 22.3. The van der Waals surface area contributed by atoms with E-state index in [2.05, 4.69) is 0 Å². The van der Waals surface area contributed by atoms with Crippen LogP contribution in [0.3, 0.4) is 0 Å². The molecule has 0 aromatic rings. The normalized spacial score (nSPS) is 12.0. The van der Waals surface area contributed by atoms with Crippen LogP contribution in [-0.4, -0.2) is 23.5 Å². The van der Waals surface area contributed by atoms with Crippen molar-refractivity contribution >= 4 is 18.4 Å². The van der Waals surface area contributed by atoms with Crippen LogP contribution in [0.25, 0.3) is 0 Å². The molecule has 3 N–H and O–H groups in total. The van der Waals surface area contributed by atoms with Gasteiger partial charge in [-0.15, -0.1) is 0 Å². The molecular formula is C10H18N2O2. The summed E-state index contributed by atoms with van der Waals surface area (Å²) >= 11 is 0. The summed E-state index contributed by atoms with van der Waals surface area (Å²) in [5.41, 5.74) is 0. The Balaban J connectivity index is 3.38. The van der Waals surface area contributed by atoms with Crippen molar-refractivity contribution < 1.29 is 9.90 Å². The zero-order chi connectivity index (χ0) is 10.8. The Bertz CT molecular complexity index is 193. The molecule has 0 aliphatic rings. The summed E-state index contributed by atoms with van der Waals surface area (Å²) in [6, 6.07) is 0. The van der Waals surface area contributed by atoms with E-state index in [1.54, 1.807) is 0 Å². The molecule has 0 saturated carbocycles. The van der Waals surface area contributed by atoms with Gasteiger partial charge in [0.2, 0.25) is 0 Å². The van der Waals surface area contributed by atoms with Crippen molar-refractivity contribution in [2.75, 3.05) is 0 Å². The Hall–Kier alpha value is -1.19. The molecule has 0 amide bonds. The Labute approximate surface area is 84.4 Å². The number of carbonyl (C=O) groups is 1. The van der Waals surface area contributed by atoms with Crippen molar-refractivity contribution in [3.8, 4) is 0 Å². The summed E-state index contributed by atoms with van der Waals surface area (Å²) < 4.78 is 0. The molecule has 0 heterocycles. The van der Waals surface area contributed by atoms with E-state index in [9.17, 15) is 4.79 Å². The Morgan fingerprint density at radius 1 is 1.21 bits per heavy atom. The van der Waals surface area contributed by atoms with Gasteiger partial charge in [-0.25, -0.2) is 0 Å². The van der Waals surface area contributed by atoms with E-state index in [1.165, 1.54) is 6.21 Å². The van der Waals surface area contributed by atoms with Gasteiger partial charge in [-0.05, 0) is 25.5 Å². The molecular weight excluding hydrogens is 180 g/mol. The fourth-order valence-electron chi connectivity index (χ4n) is 1.24. The van der Waals surface area contributed by atoms with Gasteiger partial charge in [0.15, 0.2) is 0 Å². The maximum atomic E-state index is 10.5. The minimum absolute atomic E-state index is 0.559. The van der Waals surface area contributed by atoms with Crippen LogP contribution in [0.2, 0.25) is 0 Å². The largest absolute Gasteiger partial charge is 0.481 e. The van der Waals surface area contributed by atoms with Crippen molar-refractivity contribution in [3.05, 3.63) is 0 Å². The average molecular weight is 198 g/mol. The van der Waals surface area contributed by atoms with Crippen molar-refractivity contribution in [3.63, 3.8) is 0 Å². The van der Waals surface area contributed by atoms with Crippen LogP contribution in [0.1, 0.15) is 38.5 Å². The second kappa shape index (κ2) is 8.41. The number of rotatable bonds is 9. The highest BCUT2D eigenvalue weighted by Crippen LogP contribution is 2.10. The van der Waals surface area contributed by atoms with Gasteiger partial charge in [0, 0.05) is 6.21 Å². The lowest BCUT2D eigenvalue weighted by Gasteiger charge is -2.05. The molecule has 0 aromatic heterocycles. The molecule has 1 unspecified atom stereocenters. The van der Waals surface area contributed by atoms with Gasteiger partial charge in [-0.2, -0.15) is 0 Å². The van der Waals surface area contributed by atoms with Crippen LogP contribution in [0, 0.1) is 16.7 Å². The van der Waals surface area contributed by atoms with Gasteiger partial charge in [0.25, 0.3) is 0 Å². The molecule has 80 valence electrons. The van der Waals surface area contributed by atoms with E-state index < -0.39 is 11.9 Å².